The van der Waals surface area contributed by atoms with E-state index in [1.165, 1.54) is 16.2 Å². The van der Waals surface area contributed by atoms with Crippen LogP contribution in [0.4, 0.5) is 10.8 Å². The highest BCUT2D eigenvalue weighted by Gasteiger charge is 2.26. The van der Waals surface area contributed by atoms with Crippen molar-refractivity contribution in [2.24, 2.45) is 0 Å². The molecule has 0 saturated carbocycles. The van der Waals surface area contributed by atoms with Gasteiger partial charge in [0.15, 0.2) is 0 Å². The molecule has 0 radical (unpaired) electrons. The van der Waals surface area contributed by atoms with E-state index in [1.807, 2.05) is 13.0 Å². The zero-order valence-corrected chi connectivity index (χ0v) is 14.8. The van der Waals surface area contributed by atoms with Gasteiger partial charge in [0.1, 0.15) is 22.7 Å². The first-order chi connectivity index (χ1) is 10.8. The molecule has 2 aromatic heterocycles. The molecule has 0 unspecified atom stereocenters. The van der Waals surface area contributed by atoms with E-state index >= 15 is 0 Å². The van der Waals surface area contributed by atoms with E-state index in [1.54, 1.807) is 0 Å². The Balaban J connectivity index is 1.95. The maximum atomic E-state index is 9.25. The fourth-order valence-electron chi connectivity index (χ4n) is 2.79. The Bertz CT molecular complexity index is 795. The number of hydrogen-bond donors (Lipinski definition) is 1. The predicted molar refractivity (Wildman–Crippen MR) is 93.7 cm³/mol. The first-order valence-electron chi connectivity index (χ1n) is 7.71. The fraction of sp³-hybridized carbons (Fsp3) is 0.471. The van der Waals surface area contributed by atoms with Gasteiger partial charge in [0, 0.05) is 28.6 Å². The summed E-state index contributed by atoms with van der Waals surface area (Å²) in [6.45, 7) is 9.98. The summed E-state index contributed by atoms with van der Waals surface area (Å²) in [5.74, 6) is 1.82. The van der Waals surface area contributed by atoms with Gasteiger partial charge < -0.3 is 10.6 Å². The van der Waals surface area contributed by atoms with Crippen molar-refractivity contribution in [2.45, 2.75) is 46.1 Å². The van der Waals surface area contributed by atoms with E-state index in [4.69, 9.17) is 10.7 Å². The van der Waals surface area contributed by atoms with E-state index in [0.29, 0.717) is 10.6 Å². The van der Waals surface area contributed by atoms with Crippen LogP contribution in [0.25, 0.3) is 0 Å². The molecule has 0 bridgehead atoms. The smallest absolute Gasteiger partial charge is 0.136 e. The van der Waals surface area contributed by atoms with Gasteiger partial charge in [-0.15, -0.1) is 11.3 Å². The van der Waals surface area contributed by atoms with Gasteiger partial charge in [-0.3, -0.25) is 0 Å². The quantitative estimate of drug-likeness (QED) is 0.870. The fourth-order valence-corrected chi connectivity index (χ4v) is 3.88. The number of hydrogen-bond acceptors (Lipinski definition) is 6. The van der Waals surface area contributed by atoms with Crippen LogP contribution >= 0.6 is 11.3 Å². The van der Waals surface area contributed by atoms with E-state index in [-0.39, 0.29) is 5.41 Å². The summed E-state index contributed by atoms with van der Waals surface area (Å²) in [4.78, 5) is 12.8. The minimum atomic E-state index is -0.0803. The molecule has 1 aliphatic rings. The minimum Gasteiger partial charge on any atom is -0.389 e. The van der Waals surface area contributed by atoms with Gasteiger partial charge in [-0.05, 0) is 18.9 Å². The van der Waals surface area contributed by atoms with Crippen LogP contribution in [0.1, 0.15) is 48.3 Å². The average molecular weight is 327 g/mol. The molecule has 0 saturated heterocycles. The number of nitrogens with zero attached hydrogens (tertiary/aromatic N) is 4. The molecule has 2 N–H and O–H groups in total. The standard InChI is InChI=1S/C17H21N5S/c1-10-7-14(21-16(20-10)17(2,3)4)22-6-5-11-12(8-18)15(19)23-13(11)9-22/h7H,5-6,9,19H2,1-4H3. The highest BCUT2D eigenvalue weighted by molar-refractivity contribution is 7.16. The summed E-state index contributed by atoms with van der Waals surface area (Å²) >= 11 is 1.52. The highest BCUT2D eigenvalue weighted by atomic mass is 32.1. The number of anilines is 2. The van der Waals surface area contributed by atoms with Gasteiger partial charge in [0.2, 0.25) is 0 Å². The number of nitriles is 1. The predicted octanol–water partition coefficient (Wildman–Crippen LogP) is 3.16. The third-order valence-corrected chi connectivity index (χ3v) is 5.08. The van der Waals surface area contributed by atoms with E-state index in [9.17, 15) is 5.26 Å². The summed E-state index contributed by atoms with van der Waals surface area (Å²) in [5.41, 5.74) is 8.66. The molecular weight excluding hydrogens is 306 g/mol. The molecule has 0 spiro atoms. The van der Waals surface area contributed by atoms with Gasteiger partial charge in [0.05, 0.1) is 12.1 Å². The Labute approximate surface area is 140 Å². The molecule has 2 aromatic rings. The number of nitrogens with two attached hydrogens (primary N) is 1. The van der Waals surface area contributed by atoms with Crippen LogP contribution in [-0.2, 0) is 18.4 Å². The van der Waals surface area contributed by atoms with Crippen LogP contribution in [0.15, 0.2) is 6.07 Å². The van der Waals surface area contributed by atoms with Gasteiger partial charge in [-0.1, -0.05) is 20.8 Å². The van der Waals surface area contributed by atoms with Crippen LogP contribution < -0.4 is 10.6 Å². The van der Waals surface area contributed by atoms with Crippen LogP contribution in [0, 0.1) is 18.3 Å². The van der Waals surface area contributed by atoms with Crippen molar-refractivity contribution in [3.8, 4) is 6.07 Å². The molecule has 0 aliphatic carbocycles. The SMILES string of the molecule is Cc1cc(N2CCc3c(sc(N)c3C#N)C2)nc(C(C)(C)C)n1. The number of aromatic nitrogens is 2. The maximum absolute atomic E-state index is 9.25. The molecule has 0 aromatic carbocycles. The molecule has 3 rings (SSSR count). The Morgan fingerprint density at radius 1 is 1.35 bits per heavy atom. The Morgan fingerprint density at radius 2 is 2.09 bits per heavy atom. The molecule has 6 heteroatoms. The van der Waals surface area contributed by atoms with E-state index in [2.05, 4.69) is 36.7 Å². The zero-order valence-electron chi connectivity index (χ0n) is 14.0. The topological polar surface area (TPSA) is 78.8 Å². The van der Waals surface area contributed by atoms with Gasteiger partial charge in [-0.2, -0.15) is 5.26 Å². The monoisotopic (exact) mass is 327 g/mol. The normalized spacial score (nSPS) is 14.5. The number of aryl methyl sites for hydroxylation is 1. The molecule has 0 atom stereocenters. The lowest BCUT2D eigenvalue weighted by Gasteiger charge is -2.29. The molecule has 0 amide bonds. The van der Waals surface area contributed by atoms with Gasteiger partial charge >= 0.3 is 0 Å². The van der Waals surface area contributed by atoms with Crippen molar-refractivity contribution >= 4 is 22.2 Å². The lowest BCUT2D eigenvalue weighted by molar-refractivity contribution is 0.541. The maximum Gasteiger partial charge on any atom is 0.136 e. The molecule has 5 nitrogen and oxygen atoms in total. The average Bonchev–Trinajstić information content (AvgIpc) is 2.79. The first-order valence-corrected chi connectivity index (χ1v) is 8.52. The van der Waals surface area contributed by atoms with Crippen molar-refractivity contribution in [1.82, 2.24) is 9.97 Å². The van der Waals surface area contributed by atoms with Gasteiger partial charge in [-0.25, -0.2) is 9.97 Å². The van der Waals surface area contributed by atoms with Crippen LogP contribution in [-0.4, -0.2) is 16.5 Å². The third kappa shape index (κ3) is 2.89. The first kappa shape index (κ1) is 15.8. The lowest BCUT2D eigenvalue weighted by Crippen LogP contribution is -2.31. The highest BCUT2D eigenvalue weighted by Crippen LogP contribution is 2.36. The molecule has 0 fully saturated rings. The van der Waals surface area contributed by atoms with Crippen LogP contribution in [0.5, 0.6) is 0 Å². The zero-order chi connectivity index (χ0) is 16.8. The Hall–Kier alpha value is -2.13. The second-order valence-corrected chi connectivity index (χ2v) is 8.10. The summed E-state index contributed by atoms with van der Waals surface area (Å²) in [6, 6.07) is 4.27. The lowest BCUT2D eigenvalue weighted by atomic mass is 9.95. The third-order valence-electron chi connectivity index (χ3n) is 4.03. The van der Waals surface area contributed by atoms with Crippen molar-refractivity contribution in [3.63, 3.8) is 0 Å². The molecule has 23 heavy (non-hydrogen) atoms. The van der Waals surface area contributed by atoms with Crippen molar-refractivity contribution < 1.29 is 0 Å². The largest absolute Gasteiger partial charge is 0.389 e. The number of fused-ring (bicyclic) bond motifs is 1. The Morgan fingerprint density at radius 3 is 2.74 bits per heavy atom. The number of rotatable bonds is 1. The Kier molecular flexibility index (Phi) is 3.77. The molecular formula is C17H21N5S. The summed E-state index contributed by atoms with van der Waals surface area (Å²) in [7, 11) is 0. The van der Waals surface area contributed by atoms with Gasteiger partial charge in [0.25, 0.3) is 0 Å². The van der Waals surface area contributed by atoms with Crippen LogP contribution in [0.2, 0.25) is 0 Å². The van der Waals surface area contributed by atoms with Crippen molar-refractivity contribution in [2.75, 3.05) is 17.2 Å². The summed E-state index contributed by atoms with van der Waals surface area (Å²) in [5, 5.41) is 9.88. The van der Waals surface area contributed by atoms with Crippen molar-refractivity contribution in [1.29, 1.82) is 5.26 Å². The second kappa shape index (κ2) is 5.50. The second-order valence-electron chi connectivity index (χ2n) is 6.97. The summed E-state index contributed by atoms with van der Waals surface area (Å²) in [6.07, 6.45) is 0.833. The van der Waals surface area contributed by atoms with E-state index in [0.717, 1.165) is 42.4 Å². The van der Waals surface area contributed by atoms with Crippen LogP contribution in [0.3, 0.4) is 0 Å². The minimum absolute atomic E-state index is 0.0803. The summed E-state index contributed by atoms with van der Waals surface area (Å²) < 4.78 is 0. The number of nitrogen functional groups attached to an aromatic ring is 1. The van der Waals surface area contributed by atoms with Crippen molar-refractivity contribution in [3.05, 3.63) is 33.6 Å². The van der Waals surface area contributed by atoms with E-state index < -0.39 is 0 Å². The molecule has 1 aliphatic heterocycles. The number of thiophene rings is 1. The molecule has 120 valence electrons. The molecule has 3 heterocycles.